The molecule has 0 spiro atoms. The summed E-state index contributed by atoms with van der Waals surface area (Å²) in [5, 5.41) is 5.03. The van der Waals surface area contributed by atoms with Crippen molar-refractivity contribution >= 4 is 34.0 Å². The number of halogens is 1. The van der Waals surface area contributed by atoms with E-state index in [0.29, 0.717) is 10.9 Å². The van der Waals surface area contributed by atoms with E-state index in [2.05, 4.69) is 32.1 Å². The molecule has 0 atom stereocenters. The van der Waals surface area contributed by atoms with Gasteiger partial charge < -0.3 is 14.6 Å². The molecule has 0 unspecified atom stereocenters. The quantitative estimate of drug-likeness (QED) is 0.791. The van der Waals surface area contributed by atoms with Crippen LogP contribution in [-0.4, -0.2) is 27.7 Å². The number of fused-ring (bicyclic) bond motifs is 1. The van der Waals surface area contributed by atoms with Crippen LogP contribution in [0.15, 0.2) is 36.9 Å². The van der Waals surface area contributed by atoms with Crippen LogP contribution in [0.3, 0.4) is 0 Å². The molecule has 1 N–H and O–H groups in total. The summed E-state index contributed by atoms with van der Waals surface area (Å²) >= 11 is 6.26. The number of rotatable bonds is 4. The van der Waals surface area contributed by atoms with Crippen molar-refractivity contribution in [1.29, 1.82) is 0 Å². The molecule has 4 heterocycles. The van der Waals surface area contributed by atoms with E-state index in [1.807, 2.05) is 19.2 Å². The lowest BCUT2D eigenvalue weighted by Crippen LogP contribution is -2.31. The molecule has 0 radical (unpaired) electrons. The van der Waals surface area contributed by atoms with Crippen LogP contribution < -0.4 is 5.32 Å². The number of hydrogen-bond donors (Lipinski definition) is 1. The maximum atomic E-state index is 6.26. The number of nitrogens with one attached hydrogen (secondary N) is 1. The topological polar surface area (TPSA) is 52.0 Å². The molecule has 1 saturated heterocycles. The summed E-state index contributed by atoms with van der Waals surface area (Å²) in [6.07, 6.45) is 7.36. The Morgan fingerprint density at radius 1 is 1.35 bits per heavy atom. The van der Waals surface area contributed by atoms with Crippen molar-refractivity contribution in [2.24, 2.45) is 5.92 Å². The van der Waals surface area contributed by atoms with Crippen molar-refractivity contribution in [2.75, 3.05) is 18.5 Å². The molecule has 1 aliphatic rings. The third kappa shape index (κ3) is 2.66. The highest BCUT2D eigenvalue weighted by molar-refractivity contribution is 6.33. The molecule has 5 nitrogen and oxygen atoms in total. The molecule has 1 fully saturated rings. The first-order chi connectivity index (χ1) is 11.2. The van der Waals surface area contributed by atoms with Gasteiger partial charge in [0.25, 0.3) is 0 Å². The van der Waals surface area contributed by atoms with E-state index in [9.17, 15) is 0 Å². The van der Waals surface area contributed by atoms with Gasteiger partial charge in [0.1, 0.15) is 5.82 Å². The monoisotopic (exact) mass is 328 g/mol. The van der Waals surface area contributed by atoms with Crippen LogP contribution in [0.4, 0.5) is 11.5 Å². The Kier molecular flexibility index (Phi) is 3.67. The maximum Gasteiger partial charge on any atom is 0.139 e. The number of hydrogen-bond acceptors (Lipinski definition) is 4. The molecule has 0 saturated carbocycles. The smallest absolute Gasteiger partial charge is 0.139 e. The third-order valence-corrected chi connectivity index (χ3v) is 4.48. The predicted octanol–water partition coefficient (Wildman–Crippen LogP) is 3.78. The van der Waals surface area contributed by atoms with E-state index in [0.717, 1.165) is 47.7 Å². The zero-order valence-corrected chi connectivity index (χ0v) is 13.5. The van der Waals surface area contributed by atoms with Gasteiger partial charge in [-0.1, -0.05) is 11.6 Å². The van der Waals surface area contributed by atoms with Gasteiger partial charge in [0.15, 0.2) is 0 Å². The zero-order valence-electron chi connectivity index (χ0n) is 12.8. The molecule has 118 valence electrons. The summed E-state index contributed by atoms with van der Waals surface area (Å²) in [6.45, 7) is 4.65. The van der Waals surface area contributed by atoms with Gasteiger partial charge >= 0.3 is 0 Å². The molecule has 1 aliphatic heterocycles. The standard InChI is InChI=1S/C17H17ClN4O/c1-11-6-19-7-14(18)16(11)21-17-13-3-5-22(8-12-9-23-10-12)15(13)2-4-20-17/h2-7,12H,8-10H2,1H3,(H,19,20,21). The molecular formula is C17H17ClN4O. The van der Waals surface area contributed by atoms with E-state index < -0.39 is 0 Å². The number of pyridine rings is 2. The van der Waals surface area contributed by atoms with Crippen molar-refractivity contribution in [2.45, 2.75) is 13.5 Å². The van der Waals surface area contributed by atoms with Gasteiger partial charge in [-0.2, -0.15) is 0 Å². The van der Waals surface area contributed by atoms with Crippen LogP contribution in [0, 0.1) is 12.8 Å². The van der Waals surface area contributed by atoms with Crippen LogP contribution in [-0.2, 0) is 11.3 Å². The third-order valence-electron chi connectivity index (χ3n) is 4.19. The summed E-state index contributed by atoms with van der Waals surface area (Å²) in [6, 6.07) is 4.13. The van der Waals surface area contributed by atoms with Crippen molar-refractivity contribution in [3.63, 3.8) is 0 Å². The van der Waals surface area contributed by atoms with E-state index >= 15 is 0 Å². The van der Waals surface area contributed by atoms with Gasteiger partial charge in [-0.25, -0.2) is 4.98 Å². The highest BCUT2D eigenvalue weighted by atomic mass is 35.5. The Morgan fingerprint density at radius 2 is 2.22 bits per heavy atom. The molecule has 3 aromatic heterocycles. The average Bonchev–Trinajstić information content (AvgIpc) is 2.91. The second-order valence-electron chi connectivity index (χ2n) is 5.90. The van der Waals surface area contributed by atoms with Crippen LogP contribution in [0.5, 0.6) is 0 Å². The van der Waals surface area contributed by atoms with Gasteiger partial charge in [-0.15, -0.1) is 0 Å². The summed E-state index contributed by atoms with van der Waals surface area (Å²) in [5.41, 5.74) is 3.00. The molecule has 3 aromatic rings. The van der Waals surface area contributed by atoms with Crippen molar-refractivity contribution in [3.05, 3.63) is 47.5 Å². The lowest BCUT2D eigenvalue weighted by atomic mass is 10.1. The number of aryl methyl sites for hydroxylation is 1. The first kappa shape index (κ1) is 14.5. The summed E-state index contributed by atoms with van der Waals surface area (Å²) in [4.78, 5) is 8.58. The Bertz CT molecular complexity index is 837. The Hall–Kier alpha value is -2.11. The number of aromatic nitrogens is 3. The van der Waals surface area contributed by atoms with Crippen molar-refractivity contribution in [3.8, 4) is 0 Å². The van der Waals surface area contributed by atoms with E-state index in [-0.39, 0.29) is 0 Å². The molecule has 23 heavy (non-hydrogen) atoms. The fourth-order valence-corrected chi connectivity index (χ4v) is 3.11. The largest absolute Gasteiger partial charge is 0.381 e. The molecular weight excluding hydrogens is 312 g/mol. The van der Waals surface area contributed by atoms with Gasteiger partial charge in [-0.3, -0.25) is 4.98 Å². The minimum atomic E-state index is 0.592. The minimum Gasteiger partial charge on any atom is -0.381 e. The Labute approximate surface area is 139 Å². The van der Waals surface area contributed by atoms with E-state index in [4.69, 9.17) is 16.3 Å². The maximum absolute atomic E-state index is 6.26. The molecule has 0 aliphatic carbocycles. The fraction of sp³-hybridized carbons (Fsp3) is 0.294. The first-order valence-corrected chi connectivity index (χ1v) is 7.99. The molecule has 4 rings (SSSR count). The molecule has 0 aromatic carbocycles. The van der Waals surface area contributed by atoms with Crippen LogP contribution in [0.2, 0.25) is 5.02 Å². The van der Waals surface area contributed by atoms with Gasteiger partial charge in [-0.05, 0) is 24.6 Å². The second kappa shape index (κ2) is 5.83. The predicted molar refractivity (Wildman–Crippen MR) is 91.3 cm³/mol. The lowest BCUT2D eigenvalue weighted by Gasteiger charge is -2.26. The fourth-order valence-electron chi connectivity index (χ4n) is 2.86. The highest BCUT2D eigenvalue weighted by Gasteiger charge is 2.20. The molecule has 0 amide bonds. The van der Waals surface area contributed by atoms with Gasteiger partial charge in [0.2, 0.25) is 0 Å². The van der Waals surface area contributed by atoms with Crippen LogP contribution in [0.1, 0.15) is 5.56 Å². The number of nitrogens with zero attached hydrogens (tertiary/aromatic N) is 3. The second-order valence-corrected chi connectivity index (χ2v) is 6.31. The summed E-state index contributed by atoms with van der Waals surface area (Å²) < 4.78 is 7.53. The minimum absolute atomic E-state index is 0.592. The van der Waals surface area contributed by atoms with Crippen molar-refractivity contribution < 1.29 is 4.74 Å². The van der Waals surface area contributed by atoms with Gasteiger partial charge in [0, 0.05) is 42.6 Å². The Balaban J connectivity index is 1.70. The molecule has 0 bridgehead atoms. The van der Waals surface area contributed by atoms with Crippen LogP contribution in [0.25, 0.3) is 10.9 Å². The van der Waals surface area contributed by atoms with E-state index in [1.165, 1.54) is 0 Å². The SMILES string of the molecule is Cc1cncc(Cl)c1Nc1nccc2c1ccn2CC1COC1. The summed E-state index contributed by atoms with van der Waals surface area (Å²) in [5.74, 6) is 1.41. The molecule has 6 heteroatoms. The summed E-state index contributed by atoms with van der Waals surface area (Å²) in [7, 11) is 0. The van der Waals surface area contributed by atoms with Crippen molar-refractivity contribution in [1.82, 2.24) is 14.5 Å². The highest BCUT2D eigenvalue weighted by Crippen LogP contribution is 2.31. The number of ether oxygens (including phenoxy) is 1. The van der Waals surface area contributed by atoms with Crippen LogP contribution >= 0.6 is 11.6 Å². The zero-order chi connectivity index (χ0) is 15.8. The van der Waals surface area contributed by atoms with E-state index in [1.54, 1.807) is 12.4 Å². The Morgan fingerprint density at radius 3 is 2.96 bits per heavy atom. The first-order valence-electron chi connectivity index (χ1n) is 7.61. The lowest BCUT2D eigenvalue weighted by molar-refractivity contribution is -0.0388. The average molecular weight is 329 g/mol. The van der Waals surface area contributed by atoms with Gasteiger partial charge in [0.05, 0.1) is 29.4 Å². The normalized spacial score (nSPS) is 14.9. The number of anilines is 2.